The Morgan fingerprint density at radius 1 is 1.03 bits per heavy atom. The summed E-state index contributed by atoms with van der Waals surface area (Å²) in [6.07, 6.45) is 1.69. The second-order valence-corrected chi connectivity index (χ2v) is 12.0. The van der Waals surface area contributed by atoms with Gasteiger partial charge in [-0.3, -0.25) is 4.72 Å². The molecule has 0 aliphatic heterocycles. The van der Waals surface area contributed by atoms with Crippen molar-refractivity contribution in [3.63, 3.8) is 0 Å². The zero-order valence-electron chi connectivity index (χ0n) is 21.6. The Balaban J connectivity index is 1.34. The van der Waals surface area contributed by atoms with Crippen LogP contribution in [0.4, 0.5) is 19.0 Å². The molecular weight excluding hydrogens is 531 g/mol. The highest BCUT2D eigenvalue weighted by molar-refractivity contribution is 7.92. The second-order valence-electron chi connectivity index (χ2n) is 10.3. The van der Waals surface area contributed by atoms with Gasteiger partial charge in [-0.1, -0.05) is 18.2 Å². The summed E-state index contributed by atoms with van der Waals surface area (Å²) in [5, 5.41) is 0. The third kappa shape index (κ3) is 6.33. The minimum absolute atomic E-state index is 0.0325. The van der Waals surface area contributed by atoms with E-state index in [-0.39, 0.29) is 34.7 Å². The number of alkyl halides is 3. The molecule has 3 atom stereocenters. The van der Waals surface area contributed by atoms with Gasteiger partial charge in [0.25, 0.3) is 10.0 Å². The first-order chi connectivity index (χ1) is 18.5. The molecule has 5 rings (SSSR count). The number of nitrogens with one attached hydrogen (secondary N) is 1. The van der Waals surface area contributed by atoms with E-state index >= 15 is 0 Å². The number of hydrogen-bond acceptors (Lipinski definition) is 7. The summed E-state index contributed by atoms with van der Waals surface area (Å²) in [6.45, 7) is 0. The van der Waals surface area contributed by atoms with Gasteiger partial charge in [-0.2, -0.15) is 13.2 Å². The van der Waals surface area contributed by atoms with Crippen LogP contribution >= 0.6 is 0 Å². The van der Waals surface area contributed by atoms with Crippen molar-refractivity contribution in [1.82, 2.24) is 19.9 Å². The summed E-state index contributed by atoms with van der Waals surface area (Å²) < 4.78 is 74.9. The molecule has 0 radical (unpaired) electrons. The van der Waals surface area contributed by atoms with Crippen LogP contribution in [-0.4, -0.2) is 54.5 Å². The highest BCUT2D eigenvalue weighted by Gasteiger charge is 2.37. The lowest BCUT2D eigenvalue weighted by Gasteiger charge is -2.39. The number of ether oxygens (including phenoxy) is 1. The summed E-state index contributed by atoms with van der Waals surface area (Å²) in [5.74, 6) is 0.507. The molecule has 2 aromatic heterocycles. The van der Waals surface area contributed by atoms with E-state index in [4.69, 9.17) is 4.74 Å². The van der Waals surface area contributed by atoms with E-state index in [9.17, 15) is 21.6 Å². The number of pyridine rings is 1. The third-order valence-electron chi connectivity index (χ3n) is 7.31. The molecule has 2 aliphatic rings. The average Bonchev–Trinajstić information content (AvgIpc) is 3.74. The summed E-state index contributed by atoms with van der Waals surface area (Å²) in [6, 6.07) is 10.0. The minimum atomic E-state index is -4.38. The van der Waals surface area contributed by atoms with Crippen LogP contribution in [0.15, 0.2) is 59.9 Å². The maximum absolute atomic E-state index is 13.3. The molecule has 0 spiro atoms. The van der Waals surface area contributed by atoms with Crippen molar-refractivity contribution in [2.45, 2.75) is 67.2 Å². The van der Waals surface area contributed by atoms with E-state index in [1.165, 1.54) is 36.8 Å². The van der Waals surface area contributed by atoms with Gasteiger partial charge in [0.2, 0.25) is 5.88 Å². The Morgan fingerprint density at radius 2 is 1.79 bits per heavy atom. The van der Waals surface area contributed by atoms with Gasteiger partial charge in [-0.25, -0.2) is 23.4 Å². The fourth-order valence-electron chi connectivity index (χ4n) is 5.16. The van der Waals surface area contributed by atoms with Crippen LogP contribution in [0.3, 0.4) is 0 Å². The largest absolute Gasteiger partial charge is 0.473 e. The summed E-state index contributed by atoms with van der Waals surface area (Å²) in [5.41, 5.74) is 0.504. The lowest BCUT2D eigenvalue weighted by molar-refractivity contribution is -0.137. The average molecular weight is 562 g/mol. The van der Waals surface area contributed by atoms with E-state index in [1.54, 1.807) is 12.1 Å². The zero-order valence-corrected chi connectivity index (χ0v) is 22.4. The van der Waals surface area contributed by atoms with Gasteiger partial charge in [0.1, 0.15) is 23.1 Å². The van der Waals surface area contributed by atoms with Crippen molar-refractivity contribution in [3.05, 3.63) is 71.8 Å². The lowest BCUT2D eigenvalue weighted by atomic mass is 9.79. The van der Waals surface area contributed by atoms with Crippen molar-refractivity contribution < 1.29 is 26.3 Å². The van der Waals surface area contributed by atoms with E-state index in [2.05, 4.69) is 19.7 Å². The van der Waals surface area contributed by atoms with Crippen molar-refractivity contribution in [1.29, 1.82) is 0 Å². The minimum Gasteiger partial charge on any atom is -0.473 e. The molecule has 1 N–H and O–H groups in total. The molecule has 2 fully saturated rings. The standard InChI is InChI=1S/C27H30F3N5O3S/c1-35(2)21-15-19(18-4-3-5-20(14-18)27(28,29)30)8-9-22(21)38-25-11-10-23(26(33-25)17-6-7-17)39(36,37)34-24-12-13-31-16-32-24/h3-5,10-14,16-17,19,21-22H,6-9,15H2,1-2H3,(H,31,32,34)/t19-,21-,22-/m0/s1. The Kier molecular flexibility index (Phi) is 7.51. The lowest BCUT2D eigenvalue weighted by Crippen LogP contribution is -2.46. The number of halogens is 3. The number of aromatic nitrogens is 3. The van der Waals surface area contributed by atoms with Gasteiger partial charge in [0.15, 0.2) is 0 Å². The number of nitrogens with zero attached hydrogens (tertiary/aromatic N) is 4. The molecule has 0 bridgehead atoms. The van der Waals surface area contributed by atoms with Crippen molar-refractivity contribution in [3.8, 4) is 5.88 Å². The predicted molar refractivity (Wildman–Crippen MR) is 139 cm³/mol. The summed E-state index contributed by atoms with van der Waals surface area (Å²) in [7, 11) is -0.0743. The molecule has 2 saturated carbocycles. The number of benzene rings is 1. The topological polar surface area (TPSA) is 97.3 Å². The van der Waals surface area contributed by atoms with Gasteiger partial charge < -0.3 is 9.64 Å². The van der Waals surface area contributed by atoms with Gasteiger partial charge in [0.05, 0.1) is 11.3 Å². The van der Waals surface area contributed by atoms with Gasteiger partial charge in [0, 0.05) is 24.2 Å². The first-order valence-corrected chi connectivity index (χ1v) is 14.3. The highest BCUT2D eigenvalue weighted by atomic mass is 32.2. The molecule has 2 heterocycles. The SMILES string of the molecule is CN(C)[C@H]1C[C@@H](c2cccc(C(F)(F)F)c2)CC[C@@H]1Oc1ccc(S(=O)(=O)Nc2ccncn2)c(C2CC2)n1. The van der Waals surface area contributed by atoms with Crippen LogP contribution in [-0.2, 0) is 16.2 Å². The summed E-state index contributed by atoms with van der Waals surface area (Å²) >= 11 is 0. The molecule has 3 aromatic rings. The Hall–Kier alpha value is -3.25. The van der Waals surface area contributed by atoms with Crippen molar-refractivity contribution in [2.24, 2.45) is 0 Å². The Labute approximate surface area is 225 Å². The number of sulfonamides is 1. The smallest absolute Gasteiger partial charge is 0.416 e. The van der Waals surface area contributed by atoms with Crippen LogP contribution in [0.2, 0.25) is 0 Å². The first-order valence-electron chi connectivity index (χ1n) is 12.8. The van der Waals surface area contributed by atoms with Crippen LogP contribution in [0.25, 0.3) is 0 Å². The molecule has 39 heavy (non-hydrogen) atoms. The van der Waals surface area contributed by atoms with Crippen LogP contribution in [0, 0.1) is 0 Å². The number of hydrogen-bond donors (Lipinski definition) is 1. The third-order valence-corrected chi connectivity index (χ3v) is 8.71. The van der Waals surface area contributed by atoms with Gasteiger partial charge >= 0.3 is 6.18 Å². The molecule has 0 saturated heterocycles. The predicted octanol–water partition coefficient (Wildman–Crippen LogP) is 5.21. The van der Waals surface area contributed by atoms with Gasteiger partial charge in [-0.15, -0.1) is 0 Å². The van der Waals surface area contributed by atoms with E-state index in [0.29, 0.717) is 36.4 Å². The molecule has 8 nitrogen and oxygen atoms in total. The van der Waals surface area contributed by atoms with Crippen LogP contribution < -0.4 is 9.46 Å². The van der Waals surface area contributed by atoms with Crippen molar-refractivity contribution in [2.75, 3.05) is 18.8 Å². The van der Waals surface area contributed by atoms with Gasteiger partial charge in [-0.05, 0) is 75.9 Å². The fourth-order valence-corrected chi connectivity index (χ4v) is 6.40. The Morgan fingerprint density at radius 3 is 2.46 bits per heavy atom. The van der Waals surface area contributed by atoms with Crippen LogP contribution in [0.1, 0.15) is 60.8 Å². The quantitative estimate of drug-likeness (QED) is 0.403. The molecule has 0 amide bonds. The molecule has 208 valence electrons. The first kappa shape index (κ1) is 27.3. The number of rotatable bonds is 8. The van der Waals surface area contributed by atoms with E-state index in [1.807, 2.05) is 19.0 Å². The van der Waals surface area contributed by atoms with Crippen molar-refractivity contribution >= 4 is 15.8 Å². The molecule has 1 aromatic carbocycles. The van der Waals surface area contributed by atoms with E-state index < -0.39 is 21.8 Å². The molecule has 12 heteroatoms. The maximum Gasteiger partial charge on any atom is 0.416 e. The molecular formula is C27H30F3N5O3S. The highest BCUT2D eigenvalue weighted by Crippen LogP contribution is 2.43. The fraction of sp³-hybridized carbons (Fsp3) is 0.444. The molecule has 2 aliphatic carbocycles. The zero-order chi connectivity index (χ0) is 27.8. The number of anilines is 1. The molecule has 0 unspecified atom stereocenters. The maximum atomic E-state index is 13.3. The summed E-state index contributed by atoms with van der Waals surface area (Å²) in [4.78, 5) is 14.5. The second kappa shape index (κ2) is 10.7. The monoisotopic (exact) mass is 561 g/mol. The van der Waals surface area contributed by atoms with E-state index in [0.717, 1.165) is 18.9 Å². The van der Waals surface area contributed by atoms with Crippen LogP contribution in [0.5, 0.6) is 5.88 Å². The Bertz CT molecular complexity index is 1420. The number of likely N-dealkylation sites (N-methyl/N-ethyl adjacent to an activating group) is 1. The normalized spacial score (nSPS) is 22.1.